The van der Waals surface area contributed by atoms with Gasteiger partial charge in [-0.15, -0.1) is 0 Å². The van der Waals surface area contributed by atoms with Crippen LogP contribution in [0.4, 0.5) is 17.1 Å². The number of benzene rings is 2. The van der Waals surface area contributed by atoms with Crippen molar-refractivity contribution in [2.24, 2.45) is 0 Å². The predicted molar refractivity (Wildman–Crippen MR) is 117 cm³/mol. The monoisotopic (exact) mass is 413 g/mol. The molecule has 2 aliphatic rings. The second-order valence-corrected chi connectivity index (χ2v) is 9.71. The lowest BCUT2D eigenvalue weighted by Gasteiger charge is -2.25. The third-order valence-electron chi connectivity index (χ3n) is 5.69. The van der Waals surface area contributed by atoms with E-state index in [0.717, 1.165) is 30.0 Å². The van der Waals surface area contributed by atoms with Crippen LogP contribution in [0.15, 0.2) is 42.5 Å². The Labute approximate surface area is 172 Å². The number of para-hydroxylation sites is 2. The summed E-state index contributed by atoms with van der Waals surface area (Å²) in [5.74, 6) is -0.173. The number of anilines is 3. The smallest absolute Gasteiger partial charge is 0.255 e. The van der Waals surface area contributed by atoms with Crippen molar-refractivity contribution >= 4 is 33.0 Å². The fourth-order valence-electron chi connectivity index (χ4n) is 4.22. The average molecular weight is 414 g/mol. The number of amides is 1. The van der Waals surface area contributed by atoms with Gasteiger partial charge in [-0.05, 0) is 55.2 Å². The Morgan fingerprint density at radius 1 is 0.931 bits per heavy atom. The number of hydrogen-bond acceptors (Lipinski definition) is 4. The van der Waals surface area contributed by atoms with Gasteiger partial charge in [0.25, 0.3) is 5.91 Å². The highest BCUT2D eigenvalue weighted by molar-refractivity contribution is 7.92. The Morgan fingerprint density at radius 3 is 2.38 bits per heavy atom. The molecule has 0 bridgehead atoms. The molecule has 4 rings (SSSR count). The maximum atomic E-state index is 12.9. The molecule has 0 saturated carbocycles. The molecule has 2 aromatic rings. The Bertz CT molecular complexity index is 1010. The highest BCUT2D eigenvalue weighted by Gasteiger charge is 2.27. The van der Waals surface area contributed by atoms with E-state index in [4.69, 9.17) is 0 Å². The minimum Gasteiger partial charge on any atom is -0.370 e. The van der Waals surface area contributed by atoms with Crippen molar-refractivity contribution in [3.63, 3.8) is 0 Å². The Hall–Kier alpha value is -2.54. The van der Waals surface area contributed by atoms with Gasteiger partial charge in [0.2, 0.25) is 10.0 Å². The van der Waals surface area contributed by atoms with Crippen molar-refractivity contribution in [3.8, 4) is 0 Å². The number of sulfonamides is 1. The minimum absolute atomic E-state index is 0.173. The van der Waals surface area contributed by atoms with E-state index in [0.29, 0.717) is 24.2 Å². The maximum absolute atomic E-state index is 12.9. The lowest BCUT2D eigenvalue weighted by Crippen LogP contribution is -2.27. The summed E-state index contributed by atoms with van der Waals surface area (Å²) in [4.78, 5) is 15.3. The molecule has 0 spiro atoms. The molecule has 1 saturated heterocycles. The molecule has 0 aliphatic carbocycles. The molecule has 0 unspecified atom stereocenters. The first-order valence-electron chi connectivity index (χ1n) is 10.2. The first kappa shape index (κ1) is 19.8. The van der Waals surface area contributed by atoms with Crippen LogP contribution in [0.3, 0.4) is 0 Å². The molecule has 6 nitrogen and oxygen atoms in total. The molecular formula is C22H27N3O3S. The Morgan fingerprint density at radius 2 is 1.66 bits per heavy atom. The van der Waals surface area contributed by atoms with Crippen LogP contribution >= 0.6 is 0 Å². The number of fused-ring (bicyclic) bond motifs is 1. The summed E-state index contributed by atoms with van der Waals surface area (Å²) < 4.78 is 25.2. The summed E-state index contributed by atoms with van der Waals surface area (Å²) >= 11 is 0. The van der Waals surface area contributed by atoms with Crippen LogP contribution in [-0.4, -0.2) is 40.2 Å². The van der Waals surface area contributed by atoms with E-state index in [2.05, 4.69) is 16.3 Å². The topological polar surface area (TPSA) is 69.7 Å². The summed E-state index contributed by atoms with van der Waals surface area (Å²) in [5.41, 5.74) is 3.99. The largest absolute Gasteiger partial charge is 0.370 e. The Kier molecular flexibility index (Phi) is 5.50. The van der Waals surface area contributed by atoms with Crippen molar-refractivity contribution < 1.29 is 13.2 Å². The standard InChI is InChI=1S/C22H27N3O3S/c1-29(27,28)25-15-12-17-16-18(10-11-20(17)25)22(26)23-19-8-4-5-9-21(19)24-13-6-2-3-7-14-24/h4-5,8-11,16H,2-3,6-7,12-15H2,1H3,(H,23,26). The number of hydrogen-bond donors (Lipinski definition) is 1. The van der Waals surface area contributed by atoms with Crippen LogP contribution < -0.4 is 14.5 Å². The molecule has 0 atom stereocenters. The molecule has 2 aliphatic heterocycles. The summed E-state index contributed by atoms with van der Waals surface area (Å²) in [5, 5.41) is 3.06. The van der Waals surface area contributed by atoms with Crippen molar-refractivity contribution in [2.45, 2.75) is 32.1 Å². The normalized spacial score (nSPS) is 17.0. The molecule has 1 N–H and O–H groups in total. The number of carbonyl (C=O) groups excluding carboxylic acids is 1. The van der Waals surface area contributed by atoms with Gasteiger partial charge in [0, 0.05) is 25.2 Å². The number of nitrogens with zero attached hydrogens (tertiary/aromatic N) is 2. The molecule has 29 heavy (non-hydrogen) atoms. The first-order chi connectivity index (χ1) is 13.9. The van der Waals surface area contributed by atoms with Crippen molar-refractivity contribution in [1.82, 2.24) is 0 Å². The molecule has 2 heterocycles. The van der Waals surface area contributed by atoms with E-state index in [1.807, 2.05) is 24.3 Å². The van der Waals surface area contributed by atoms with Gasteiger partial charge in [-0.2, -0.15) is 0 Å². The van der Waals surface area contributed by atoms with E-state index in [9.17, 15) is 13.2 Å². The molecule has 1 fully saturated rings. The second-order valence-electron chi connectivity index (χ2n) is 7.80. The number of carbonyl (C=O) groups is 1. The van der Waals surface area contributed by atoms with Crippen LogP contribution in [-0.2, 0) is 16.4 Å². The zero-order chi connectivity index (χ0) is 20.4. The van der Waals surface area contributed by atoms with Gasteiger partial charge in [-0.3, -0.25) is 9.10 Å². The average Bonchev–Trinajstić information content (AvgIpc) is 2.95. The molecule has 1 amide bonds. The van der Waals surface area contributed by atoms with Crippen LogP contribution in [0, 0.1) is 0 Å². The number of nitrogens with one attached hydrogen (secondary N) is 1. The van der Waals surface area contributed by atoms with Crippen LogP contribution in [0.2, 0.25) is 0 Å². The molecule has 154 valence electrons. The van der Waals surface area contributed by atoms with E-state index in [-0.39, 0.29) is 5.91 Å². The van der Waals surface area contributed by atoms with E-state index < -0.39 is 10.0 Å². The molecule has 2 aromatic carbocycles. The van der Waals surface area contributed by atoms with Crippen molar-refractivity contribution in [3.05, 3.63) is 53.6 Å². The van der Waals surface area contributed by atoms with E-state index in [1.54, 1.807) is 12.1 Å². The van der Waals surface area contributed by atoms with Gasteiger partial charge in [0.15, 0.2) is 0 Å². The zero-order valence-electron chi connectivity index (χ0n) is 16.7. The maximum Gasteiger partial charge on any atom is 0.255 e. The summed E-state index contributed by atoms with van der Waals surface area (Å²) in [6.07, 6.45) is 6.68. The predicted octanol–water partition coefficient (Wildman–Crippen LogP) is 3.64. The van der Waals surface area contributed by atoms with E-state index >= 15 is 0 Å². The van der Waals surface area contributed by atoms with Crippen molar-refractivity contribution in [1.29, 1.82) is 0 Å². The van der Waals surface area contributed by atoms with Gasteiger partial charge >= 0.3 is 0 Å². The highest BCUT2D eigenvalue weighted by atomic mass is 32.2. The first-order valence-corrected chi connectivity index (χ1v) is 12.0. The van der Waals surface area contributed by atoms with Crippen molar-refractivity contribution in [2.75, 3.05) is 40.4 Å². The molecule has 0 radical (unpaired) electrons. The molecule has 7 heteroatoms. The van der Waals surface area contributed by atoms with Gasteiger partial charge < -0.3 is 10.2 Å². The zero-order valence-corrected chi connectivity index (χ0v) is 17.5. The van der Waals surface area contributed by atoms with Gasteiger partial charge in [0.1, 0.15) is 0 Å². The fraction of sp³-hybridized carbons (Fsp3) is 0.409. The minimum atomic E-state index is -3.29. The molecule has 0 aromatic heterocycles. The summed E-state index contributed by atoms with van der Waals surface area (Å²) in [6.45, 7) is 2.44. The van der Waals surface area contributed by atoms with Gasteiger partial charge in [-0.1, -0.05) is 25.0 Å². The summed E-state index contributed by atoms with van der Waals surface area (Å²) in [6, 6.07) is 13.2. The van der Waals surface area contributed by atoms with Crippen LogP contribution in [0.1, 0.15) is 41.6 Å². The third kappa shape index (κ3) is 4.24. The van der Waals surface area contributed by atoms with Crippen LogP contribution in [0.25, 0.3) is 0 Å². The quantitative estimate of drug-likeness (QED) is 0.831. The SMILES string of the molecule is CS(=O)(=O)N1CCc2cc(C(=O)Nc3ccccc3N3CCCCCC3)ccc21. The van der Waals surface area contributed by atoms with Gasteiger partial charge in [0.05, 0.1) is 23.3 Å². The number of rotatable bonds is 4. The Balaban J connectivity index is 1.55. The highest BCUT2D eigenvalue weighted by Crippen LogP contribution is 2.32. The second kappa shape index (κ2) is 8.06. The van der Waals surface area contributed by atoms with Gasteiger partial charge in [-0.25, -0.2) is 8.42 Å². The lowest BCUT2D eigenvalue weighted by atomic mass is 10.1. The third-order valence-corrected chi connectivity index (χ3v) is 6.87. The fourth-order valence-corrected chi connectivity index (χ4v) is 5.18. The summed E-state index contributed by atoms with van der Waals surface area (Å²) in [7, 11) is -3.29. The molecular weight excluding hydrogens is 386 g/mol. The van der Waals surface area contributed by atoms with E-state index in [1.165, 1.54) is 36.2 Å². The lowest BCUT2D eigenvalue weighted by molar-refractivity contribution is 0.102. The van der Waals surface area contributed by atoms with Crippen LogP contribution in [0.5, 0.6) is 0 Å².